The Balaban J connectivity index is 0.000000209. The van der Waals surface area contributed by atoms with Crippen LogP contribution in [0.2, 0.25) is 0 Å². The van der Waals surface area contributed by atoms with E-state index in [0.29, 0.717) is 0 Å². The molecule has 0 aliphatic carbocycles. The summed E-state index contributed by atoms with van der Waals surface area (Å²) in [6.45, 7) is 0. The van der Waals surface area contributed by atoms with E-state index < -0.39 is 5.97 Å². The molecular weight excluding hydrogens is 581 g/mol. The Labute approximate surface area is 197 Å². The summed E-state index contributed by atoms with van der Waals surface area (Å²) in [5.41, 5.74) is 3.41. The van der Waals surface area contributed by atoms with Gasteiger partial charge in [0.1, 0.15) is 5.69 Å². The van der Waals surface area contributed by atoms with Gasteiger partial charge in [-0.25, -0.2) is 14.8 Å². The minimum Gasteiger partial charge on any atom is -0.477 e. The van der Waals surface area contributed by atoms with Gasteiger partial charge in [0.05, 0.1) is 11.0 Å². The topological polar surface area (TPSA) is 72.4 Å². The van der Waals surface area contributed by atoms with E-state index in [-0.39, 0.29) is 25.8 Å². The van der Waals surface area contributed by atoms with Gasteiger partial charge in [0.15, 0.2) is 0 Å². The van der Waals surface area contributed by atoms with E-state index in [0.717, 1.165) is 22.5 Å². The van der Waals surface area contributed by atoms with Gasteiger partial charge in [-0.1, -0.05) is 42.1 Å². The molecule has 6 rings (SSSR count). The van der Waals surface area contributed by atoms with Crippen LogP contribution in [0.1, 0.15) is 10.5 Å². The van der Waals surface area contributed by atoms with Gasteiger partial charge in [-0.3, -0.25) is 4.40 Å². The first-order valence-corrected chi connectivity index (χ1v) is 9.70. The molecule has 7 heteroatoms. The maximum absolute atomic E-state index is 10.1. The molecule has 32 heavy (non-hydrogen) atoms. The molecular formula is C25H17IrN4O2-. The molecule has 3 aromatic heterocycles. The van der Waals surface area contributed by atoms with Gasteiger partial charge in [0, 0.05) is 38.7 Å². The van der Waals surface area contributed by atoms with Crippen LogP contribution in [0.3, 0.4) is 0 Å². The molecule has 0 saturated carbocycles. The molecule has 6 aromatic rings. The Bertz CT molecular complexity index is 1520. The largest absolute Gasteiger partial charge is 0.477 e. The fraction of sp³-hybridized carbons (Fsp3) is 0. The summed E-state index contributed by atoms with van der Waals surface area (Å²) in [5.74, 6) is -0.0793. The zero-order valence-corrected chi connectivity index (χ0v) is 19.1. The van der Waals surface area contributed by atoms with Crippen LogP contribution in [0.25, 0.3) is 33.3 Å². The van der Waals surface area contributed by atoms with Gasteiger partial charge >= 0.3 is 5.97 Å². The molecule has 6 nitrogen and oxygen atoms in total. The molecule has 0 saturated heterocycles. The second kappa shape index (κ2) is 9.14. The first-order chi connectivity index (χ1) is 15.2. The van der Waals surface area contributed by atoms with Crippen molar-refractivity contribution >= 4 is 33.6 Å². The van der Waals surface area contributed by atoms with Crippen LogP contribution in [0.4, 0.5) is 0 Å². The molecule has 3 heterocycles. The third-order valence-electron chi connectivity index (χ3n) is 5.01. The van der Waals surface area contributed by atoms with Crippen molar-refractivity contribution in [3.63, 3.8) is 0 Å². The number of pyridine rings is 1. The first kappa shape index (κ1) is 21.4. The summed E-state index contributed by atoms with van der Waals surface area (Å²) in [4.78, 5) is 18.3. The number of benzene rings is 3. The van der Waals surface area contributed by atoms with Gasteiger partial charge < -0.3 is 9.67 Å². The monoisotopic (exact) mass is 598 g/mol. The third kappa shape index (κ3) is 3.80. The van der Waals surface area contributed by atoms with Gasteiger partial charge in [0.25, 0.3) is 0 Å². The van der Waals surface area contributed by atoms with Crippen molar-refractivity contribution in [2.75, 3.05) is 0 Å². The van der Waals surface area contributed by atoms with Crippen molar-refractivity contribution in [3.8, 4) is 5.69 Å². The number of para-hydroxylation sites is 2. The number of hydrogen-bond acceptors (Lipinski definition) is 3. The first-order valence-electron chi connectivity index (χ1n) is 9.70. The minimum atomic E-state index is -0.990. The Kier molecular flexibility index (Phi) is 6.12. The van der Waals surface area contributed by atoms with E-state index >= 15 is 0 Å². The zero-order valence-electron chi connectivity index (χ0n) is 16.7. The second-order valence-corrected chi connectivity index (χ2v) is 6.86. The van der Waals surface area contributed by atoms with E-state index in [9.17, 15) is 4.79 Å². The van der Waals surface area contributed by atoms with Crippen LogP contribution < -0.4 is 0 Å². The summed E-state index contributed by atoms with van der Waals surface area (Å²) in [7, 11) is 0. The minimum absolute atomic E-state index is 0. The van der Waals surface area contributed by atoms with Crippen LogP contribution in [0.5, 0.6) is 0 Å². The number of carbonyl (C=O) groups is 1. The fourth-order valence-corrected chi connectivity index (χ4v) is 3.65. The standard InChI is InChI=1S/C19H12N3.C6H5NO2.Ir/c1-2-8-15-14(6-1)7-5-11-16(15)22-18-10-4-3-9-17(18)21-13-12-20-19(21)22;8-6(9)5-3-1-2-4-7-5;/h1-10,12-13H;1-4H,(H,8,9);/q-1;;. The van der Waals surface area contributed by atoms with Crippen molar-refractivity contribution in [3.05, 3.63) is 109 Å². The van der Waals surface area contributed by atoms with E-state index in [1.54, 1.807) is 12.1 Å². The molecule has 3 aromatic carbocycles. The predicted molar refractivity (Wildman–Crippen MR) is 120 cm³/mol. The molecule has 0 spiro atoms. The normalized spacial score (nSPS) is 10.5. The number of carboxylic acid groups (broad SMARTS) is 1. The summed E-state index contributed by atoms with van der Waals surface area (Å²) >= 11 is 0. The van der Waals surface area contributed by atoms with Crippen molar-refractivity contribution in [2.24, 2.45) is 0 Å². The van der Waals surface area contributed by atoms with E-state index in [4.69, 9.17) is 5.11 Å². The van der Waals surface area contributed by atoms with Crippen molar-refractivity contribution < 1.29 is 30.0 Å². The summed E-state index contributed by atoms with van der Waals surface area (Å²) in [6, 6.07) is 29.0. The predicted octanol–water partition coefficient (Wildman–Crippen LogP) is 5.01. The van der Waals surface area contributed by atoms with E-state index in [1.807, 2.05) is 18.5 Å². The molecule has 1 radical (unpaired) electrons. The maximum Gasteiger partial charge on any atom is 0.354 e. The molecule has 0 fully saturated rings. The molecule has 0 aliphatic rings. The Morgan fingerprint density at radius 1 is 0.844 bits per heavy atom. The van der Waals surface area contributed by atoms with Crippen LogP contribution >= 0.6 is 0 Å². The van der Waals surface area contributed by atoms with Gasteiger partial charge in [-0.05, 0) is 24.3 Å². The van der Waals surface area contributed by atoms with Crippen LogP contribution in [0.15, 0.2) is 97.5 Å². The maximum atomic E-state index is 10.1. The Morgan fingerprint density at radius 3 is 2.34 bits per heavy atom. The molecule has 0 amide bonds. The van der Waals surface area contributed by atoms with Crippen LogP contribution in [-0.4, -0.2) is 30.0 Å². The Morgan fingerprint density at radius 2 is 1.59 bits per heavy atom. The quantitative estimate of drug-likeness (QED) is 0.285. The number of hydrogen-bond donors (Lipinski definition) is 1. The summed E-state index contributed by atoms with van der Waals surface area (Å²) in [6.07, 6.45) is 5.28. The number of carboxylic acids is 1. The SMILES string of the molecule is O=C(O)c1ccccn1.[Ir].[c-]1ccc2ccccc2c1-n1c2ccccc2n2ccnc12. The molecule has 0 atom stereocenters. The molecule has 1 N–H and O–H groups in total. The number of aromatic carboxylic acids is 1. The van der Waals surface area contributed by atoms with Crippen molar-refractivity contribution in [2.45, 2.75) is 0 Å². The molecule has 0 unspecified atom stereocenters. The van der Waals surface area contributed by atoms with Crippen molar-refractivity contribution in [1.82, 2.24) is 18.9 Å². The van der Waals surface area contributed by atoms with Crippen molar-refractivity contribution in [1.29, 1.82) is 0 Å². The smallest absolute Gasteiger partial charge is 0.354 e. The third-order valence-corrected chi connectivity index (χ3v) is 5.01. The number of aromatic nitrogens is 4. The molecule has 159 valence electrons. The van der Waals surface area contributed by atoms with Crippen LogP contribution in [-0.2, 0) is 20.1 Å². The van der Waals surface area contributed by atoms with Gasteiger partial charge in [0.2, 0.25) is 5.78 Å². The van der Waals surface area contributed by atoms with Gasteiger partial charge in [-0.2, -0.15) is 18.2 Å². The summed E-state index contributed by atoms with van der Waals surface area (Å²) < 4.78 is 4.29. The average Bonchev–Trinajstić information content (AvgIpc) is 3.41. The number of fused-ring (bicyclic) bond motifs is 4. The zero-order chi connectivity index (χ0) is 21.2. The number of rotatable bonds is 2. The second-order valence-electron chi connectivity index (χ2n) is 6.86. The Hall–Kier alpha value is -3.80. The molecule has 0 bridgehead atoms. The van der Waals surface area contributed by atoms with Gasteiger partial charge in [-0.15, -0.1) is 16.8 Å². The average molecular weight is 598 g/mol. The number of nitrogens with zero attached hydrogens (tertiary/aromatic N) is 4. The van der Waals surface area contributed by atoms with E-state index in [1.165, 1.54) is 23.0 Å². The fourth-order valence-electron chi connectivity index (χ4n) is 3.65. The molecule has 0 aliphatic heterocycles. The van der Waals surface area contributed by atoms with E-state index in [2.05, 4.69) is 79.6 Å². The summed E-state index contributed by atoms with van der Waals surface area (Å²) in [5, 5.41) is 10.7. The number of imidazole rings is 2. The van der Waals surface area contributed by atoms with Crippen LogP contribution in [0, 0.1) is 6.07 Å².